The number of hydrogen-bond donors (Lipinski definition) is 0. The fourth-order valence-corrected chi connectivity index (χ4v) is 3.91. The van der Waals surface area contributed by atoms with Crippen molar-refractivity contribution in [2.24, 2.45) is 5.18 Å². The summed E-state index contributed by atoms with van der Waals surface area (Å²) < 4.78 is 0. The number of piperazine rings is 1. The minimum atomic E-state index is 0.211. The maximum Gasteiger partial charge on any atom is 0.106 e. The molecule has 2 aromatic carbocycles. The van der Waals surface area contributed by atoms with Gasteiger partial charge in [0.1, 0.15) is 6.54 Å². The Hall–Kier alpha value is -1.62. The standard InChI is InChI=1S/C20H23Cl2N3O/c21-18-8-7-17(15-23-26)16(14-18)4-3-9-24-10-12-25(13-11-24)20-6-2-1-5-19(20)22/h1-2,5-8,14H,3-4,9-13,15H2. The second-order valence-corrected chi connectivity index (χ2v) is 7.43. The lowest BCUT2D eigenvalue weighted by Crippen LogP contribution is -2.46. The van der Waals surface area contributed by atoms with Crippen molar-refractivity contribution in [1.82, 2.24) is 4.90 Å². The van der Waals surface area contributed by atoms with Gasteiger partial charge in [-0.3, -0.25) is 4.90 Å². The van der Waals surface area contributed by atoms with Gasteiger partial charge in [-0.05, 0) is 54.8 Å². The van der Waals surface area contributed by atoms with Crippen LogP contribution in [0, 0.1) is 4.91 Å². The van der Waals surface area contributed by atoms with E-state index in [0.29, 0.717) is 5.02 Å². The number of anilines is 1. The average Bonchev–Trinajstić information content (AvgIpc) is 2.65. The van der Waals surface area contributed by atoms with Crippen LogP contribution < -0.4 is 4.90 Å². The Kier molecular flexibility index (Phi) is 6.89. The molecule has 6 heteroatoms. The predicted molar refractivity (Wildman–Crippen MR) is 109 cm³/mol. The summed E-state index contributed by atoms with van der Waals surface area (Å²) in [5.41, 5.74) is 3.23. The van der Waals surface area contributed by atoms with Crippen LogP contribution in [-0.4, -0.2) is 37.6 Å². The Morgan fingerprint density at radius 1 is 0.962 bits per heavy atom. The maximum absolute atomic E-state index is 10.6. The highest BCUT2D eigenvalue weighted by molar-refractivity contribution is 6.33. The van der Waals surface area contributed by atoms with Gasteiger partial charge in [-0.1, -0.05) is 46.6 Å². The van der Waals surface area contributed by atoms with Crippen molar-refractivity contribution in [1.29, 1.82) is 0 Å². The predicted octanol–water partition coefficient (Wildman–Crippen LogP) is 5.01. The Morgan fingerprint density at radius 2 is 1.73 bits per heavy atom. The van der Waals surface area contributed by atoms with Gasteiger partial charge in [0.25, 0.3) is 0 Å². The molecule has 1 aliphatic rings. The molecule has 138 valence electrons. The fourth-order valence-electron chi connectivity index (χ4n) is 3.46. The molecule has 0 atom stereocenters. The van der Waals surface area contributed by atoms with Gasteiger partial charge in [0.05, 0.1) is 10.7 Å². The molecule has 0 aromatic heterocycles. The van der Waals surface area contributed by atoms with E-state index in [1.54, 1.807) is 0 Å². The first kappa shape index (κ1) is 19.2. The molecule has 0 amide bonds. The first-order chi connectivity index (χ1) is 12.7. The zero-order valence-corrected chi connectivity index (χ0v) is 16.2. The molecule has 1 heterocycles. The molecule has 1 aliphatic heterocycles. The Balaban J connectivity index is 1.48. The molecule has 0 bridgehead atoms. The third kappa shape index (κ3) is 4.97. The van der Waals surface area contributed by atoms with Crippen LogP contribution in [0.15, 0.2) is 47.6 Å². The van der Waals surface area contributed by atoms with Gasteiger partial charge in [-0.2, -0.15) is 4.91 Å². The van der Waals surface area contributed by atoms with Crippen molar-refractivity contribution in [3.63, 3.8) is 0 Å². The zero-order chi connectivity index (χ0) is 18.4. The van der Waals surface area contributed by atoms with Gasteiger partial charge in [0, 0.05) is 31.2 Å². The first-order valence-corrected chi connectivity index (χ1v) is 9.71. The molecule has 4 nitrogen and oxygen atoms in total. The molecule has 0 radical (unpaired) electrons. The van der Waals surface area contributed by atoms with E-state index in [9.17, 15) is 4.91 Å². The van der Waals surface area contributed by atoms with E-state index < -0.39 is 0 Å². The summed E-state index contributed by atoms with van der Waals surface area (Å²) >= 11 is 12.4. The monoisotopic (exact) mass is 391 g/mol. The number of nitrogens with zero attached hydrogens (tertiary/aromatic N) is 3. The molecule has 0 spiro atoms. The van der Waals surface area contributed by atoms with Crippen LogP contribution in [0.5, 0.6) is 0 Å². The van der Waals surface area contributed by atoms with E-state index in [2.05, 4.69) is 21.0 Å². The molecule has 0 saturated carbocycles. The lowest BCUT2D eigenvalue weighted by molar-refractivity contribution is 0.255. The number of aryl methyl sites for hydroxylation is 1. The summed E-state index contributed by atoms with van der Waals surface area (Å²) in [6.07, 6.45) is 1.95. The maximum atomic E-state index is 10.6. The first-order valence-electron chi connectivity index (χ1n) is 8.95. The van der Waals surface area contributed by atoms with Crippen LogP contribution in [-0.2, 0) is 13.0 Å². The average molecular weight is 392 g/mol. The van der Waals surface area contributed by atoms with E-state index in [1.807, 2.05) is 36.4 Å². The third-order valence-electron chi connectivity index (χ3n) is 4.89. The highest BCUT2D eigenvalue weighted by atomic mass is 35.5. The lowest BCUT2D eigenvalue weighted by atomic mass is 10.0. The third-order valence-corrected chi connectivity index (χ3v) is 5.44. The van der Waals surface area contributed by atoms with Crippen LogP contribution in [0.25, 0.3) is 0 Å². The smallest absolute Gasteiger partial charge is 0.106 e. The van der Waals surface area contributed by atoms with Gasteiger partial charge in [-0.25, -0.2) is 0 Å². The Morgan fingerprint density at radius 3 is 2.46 bits per heavy atom. The fraction of sp³-hybridized carbons (Fsp3) is 0.400. The van der Waals surface area contributed by atoms with E-state index >= 15 is 0 Å². The summed E-state index contributed by atoms with van der Waals surface area (Å²) in [7, 11) is 0. The summed E-state index contributed by atoms with van der Waals surface area (Å²) in [5, 5.41) is 4.55. The molecule has 1 saturated heterocycles. The van der Waals surface area contributed by atoms with Gasteiger partial charge in [-0.15, -0.1) is 0 Å². The molecule has 0 unspecified atom stereocenters. The molecular weight excluding hydrogens is 369 g/mol. The summed E-state index contributed by atoms with van der Waals surface area (Å²) in [6.45, 7) is 5.29. The van der Waals surface area contributed by atoms with Crippen LogP contribution in [0.4, 0.5) is 5.69 Å². The zero-order valence-electron chi connectivity index (χ0n) is 14.7. The molecule has 0 N–H and O–H groups in total. The molecule has 3 rings (SSSR count). The van der Waals surface area contributed by atoms with Crippen LogP contribution in [0.2, 0.25) is 10.0 Å². The van der Waals surface area contributed by atoms with E-state index in [4.69, 9.17) is 23.2 Å². The van der Waals surface area contributed by atoms with E-state index in [-0.39, 0.29) is 6.54 Å². The number of rotatable bonds is 7. The summed E-state index contributed by atoms with van der Waals surface area (Å²) in [4.78, 5) is 15.4. The van der Waals surface area contributed by atoms with E-state index in [1.165, 1.54) is 0 Å². The number of para-hydroxylation sites is 1. The number of benzene rings is 2. The molecule has 0 aliphatic carbocycles. The number of nitroso groups, excluding NO2 is 1. The van der Waals surface area contributed by atoms with Gasteiger partial charge in [0.2, 0.25) is 0 Å². The highest BCUT2D eigenvalue weighted by Gasteiger charge is 2.18. The second kappa shape index (κ2) is 9.36. The normalized spacial score (nSPS) is 15.2. The Labute approximate surface area is 164 Å². The molecular formula is C20H23Cl2N3O. The van der Waals surface area contributed by atoms with Crippen molar-refractivity contribution < 1.29 is 0 Å². The SMILES string of the molecule is O=NCc1ccc(Cl)cc1CCCN1CCN(c2ccccc2Cl)CC1. The molecule has 26 heavy (non-hydrogen) atoms. The van der Waals surface area contributed by atoms with Crippen molar-refractivity contribution >= 4 is 28.9 Å². The van der Waals surface area contributed by atoms with Crippen molar-refractivity contribution in [3.05, 3.63) is 68.5 Å². The summed E-state index contributed by atoms with van der Waals surface area (Å²) in [5.74, 6) is 0. The van der Waals surface area contributed by atoms with Gasteiger partial charge >= 0.3 is 0 Å². The minimum absolute atomic E-state index is 0.211. The van der Waals surface area contributed by atoms with Crippen LogP contribution in [0.1, 0.15) is 17.5 Å². The van der Waals surface area contributed by atoms with Crippen molar-refractivity contribution in [2.45, 2.75) is 19.4 Å². The molecule has 2 aromatic rings. The van der Waals surface area contributed by atoms with Crippen molar-refractivity contribution in [3.8, 4) is 0 Å². The quantitative estimate of drug-likeness (QED) is 0.621. The number of halogens is 2. The largest absolute Gasteiger partial charge is 0.368 e. The van der Waals surface area contributed by atoms with Crippen molar-refractivity contribution in [2.75, 3.05) is 37.6 Å². The summed E-state index contributed by atoms with van der Waals surface area (Å²) in [6, 6.07) is 13.7. The minimum Gasteiger partial charge on any atom is -0.368 e. The lowest BCUT2D eigenvalue weighted by Gasteiger charge is -2.36. The van der Waals surface area contributed by atoms with Gasteiger partial charge in [0.15, 0.2) is 0 Å². The number of hydrogen-bond acceptors (Lipinski definition) is 4. The topological polar surface area (TPSA) is 35.9 Å². The second-order valence-electron chi connectivity index (χ2n) is 6.58. The van der Waals surface area contributed by atoms with Gasteiger partial charge < -0.3 is 4.90 Å². The highest BCUT2D eigenvalue weighted by Crippen LogP contribution is 2.26. The van der Waals surface area contributed by atoms with Crippen LogP contribution >= 0.6 is 23.2 Å². The van der Waals surface area contributed by atoms with Crippen LogP contribution in [0.3, 0.4) is 0 Å². The molecule has 1 fully saturated rings. The van der Waals surface area contributed by atoms with E-state index in [0.717, 1.165) is 67.4 Å². The Bertz CT molecular complexity index is 746.